The summed E-state index contributed by atoms with van der Waals surface area (Å²) >= 11 is 0. The highest BCUT2D eigenvalue weighted by atomic mass is 16.3. The van der Waals surface area contributed by atoms with Crippen LogP contribution in [0.5, 0.6) is 0 Å². The molecule has 1 unspecified atom stereocenters. The van der Waals surface area contributed by atoms with E-state index in [4.69, 9.17) is 4.42 Å². The summed E-state index contributed by atoms with van der Waals surface area (Å²) in [4.78, 5) is 7.02. The van der Waals surface area contributed by atoms with Gasteiger partial charge in [-0.15, -0.1) is 0 Å². The van der Waals surface area contributed by atoms with E-state index in [2.05, 4.69) is 41.1 Å². The summed E-state index contributed by atoms with van der Waals surface area (Å²) in [5.74, 6) is 1.26. The van der Waals surface area contributed by atoms with Crippen molar-refractivity contribution in [3.8, 4) is 11.5 Å². The van der Waals surface area contributed by atoms with Gasteiger partial charge in [0.15, 0.2) is 0 Å². The molecule has 1 atom stereocenters. The van der Waals surface area contributed by atoms with Gasteiger partial charge in [-0.1, -0.05) is 43.3 Å². The summed E-state index contributed by atoms with van der Waals surface area (Å²) in [6.07, 6.45) is 1.77. The first kappa shape index (κ1) is 13.1. The van der Waals surface area contributed by atoms with Crippen molar-refractivity contribution in [1.29, 1.82) is 0 Å². The van der Waals surface area contributed by atoms with Crippen LogP contribution in [0, 0.1) is 0 Å². The first-order valence-corrected chi connectivity index (χ1v) is 7.65. The van der Waals surface area contributed by atoms with Gasteiger partial charge in [-0.2, -0.15) is 0 Å². The zero-order chi connectivity index (χ0) is 14.9. The van der Waals surface area contributed by atoms with E-state index < -0.39 is 0 Å². The third kappa shape index (κ3) is 2.29. The lowest BCUT2D eigenvalue weighted by Crippen LogP contribution is -2.20. The fraction of sp³-hybridized carbons (Fsp3) is 0.211. The van der Waals surface area contributed by atoms with Gasteiger partial charge in [-0.3, -0.25) is 0 Å². The van der Waals surface area contributed by atoms with Gasteiger partial charge in [0, 0.05) is 23.7 Å². The van der Waals surface area contributed by atoms with Crippen LogP contribution in [0.15, 0.2) is 65.3 Å². The molecule has 0 bridgehead atoms. The third-order valence-electron chi connectivity index (χ3n) is 4.23. The molecule has 1 aliphatic rings. The number of hydrogen-bond donors (Lipinski definition) is 0. The molecule has 0 amide bonds. The zero-order valence-electron chi connectivity index (χ0n) is 12.6. The molecule has 0 aliphatic carbocycles. The maximum Gasteiger partial charge on any atom is 0.226 e. The molecule has 1 aliphatic heterocycles. The topological polar surface area (TPSA) is 29.3 Å². The van der Waals surface area contributed by atoms with E-state index in [0.29, 0.717) is 11.8 Å². The first-order valence-electron chi connectivity index (χ1n) is 7.65. The smallest absolute Gasteiger partial charge is 0.226 e. The first-order chi connectivity index (χ1) is 10.8. The molecule has 0 radical (unpaired) electrons. The Morgan fingerprint density at radius 3 is 2.73 bits per heavy atom. The van der Waals surface area contributed by atoms with Crippen LogP contribution in [0.3, 0.4) is 0 Å². The highest BCUT2D eigenvalue weighted by Crippen LogP contribution is 2.36. The van der Waals surface area contributed by atoms with Gasteiger partial charge >= 0.3 is 0 Å². The quantitative estimate of drug-likeness (QED) is 0.713. The molecule has 3 nitrogen and oxygen atoms in total. The summed E-state index contributed by atoms with van der Waals surface area (Å²) in [5.41, 5.74) is 4.74. The normalized spacial score (nSPS) is 16.8. The number of benzene rings is 2. The summed E-state index contributed by atoms with van der Waals surface area (Å²) in [6.45, 7) is 4.10. The highest BCUT2D eigenvalue weighted by Gasteiger charge is 2.25. The van der Waals surface area contributed by atoms with Gasteiger partial charge in [0.05, 0.1) is 12.2 Å². The van der Waals surface area contributed by atoms with Gasteiger partial charge in [0.1, 0.15) is 6.26 Å². The molecule has 2 heterocycles. The Bertz CT molecular complexity index is 779. The van der Waals surface area contributed by atoms with Crippen LogP contribution in [0.25, 0.3) is 11.5 Å². The minimum Gasteiger partial charge on any atom is -0.444 e. The lowest BCUT2D eigenvalue weighted by atomic mass is 10.0. The Kier molecular flexibility index (Phi) is 3.19. The average molecular weight is 290 g/mol. The maximum atomic E-state index is 5.64. The van der Waals surface area contributed by atoms with E-state index in [-0.39, 0.29) is 0 Å². The number of aromatic nitrogens is 1. The minimum absolute atomic E-state index is 0.566. The number of anilines is 1. The molecule has 22 heavy (non-hydrogen) atoms. The molecule has 0 fully saturated rings. The molecular formula is C19H18N2O. The molecular weight excluding hydrogens is 272 g/mol. The molecule has 110 valence electrons. The lowest BCUT2D eigenvalue weighted by Gasteiger charge is -2.17. The molecule has 0 saturated heterocycles. The summed E-state index contributed by atoms with van der Waals surface area (Å²) < 4.78 is 5.64. The van der Waals surface area contributed by atoms with Crippen molar-refractivity contribution in [2.24, 2.45) is 0 Å². The van der Waals surface area contributed by atoms with Crippen LogP contribution in [-0.2, 0) is 6.54 Å². The van der Waals surface area contributed by atoms with Crippen molar-refractivity contribution < 1.29 is 4.42 Å². The van der Waals surface area contributed by atoms with E-state index in [1.165, 1.54) is 11.3 Å². The molecule has 3 heteroatoms. The second-order valence-corrected chi connectivity index (χ2v) is 5.85. The Hall–Kier alpha value is -2.55. The second kappa shape index (κ2) is 5.34. The van der Waals surface area contributed by atoms with Gasteiger partial charge in [-0.25, -0.2) is 4.98 Å². The lowest BCUT2D eigenvalue weighted by molar-refractivity contribution is 0.572. The highest BCUT2D eigenvalue weighted by molar-refractivity contribution is 5.60. The van der Waals surface area contributed by atoms with Gasteiger partial charge in [0.25, 0.3) is 0 Å². The SMILES string of the molecule is CC1CN(Cc2coc(-c3ccccc3)n2)c2ccccc21. The van der Waals surface area contributed by atoms with Crippen LogP contribution in [0.1, 0.15) is 24.1 Å². The number of hydrogen-bond acceptors (Lipinski definition) is 3. The molecule has 0 spiro atoms. The van der Waals surface area contributed by atoms with E-state index in [0.717, 1.165) is 24.3 Å². The van der Waals surface area contributed by atoms with Gasteiger partial charge in [0.2, 0.25) is 5.89 Å². The van der Waals surface area contributed by atoms with E-state index >= 15 is 0 Å². The van der Waals surface area contributed by atoms with Crippen molar-refractivity contribution in [2.45, 2.75) is 19.4 Å². The van der Waals surface area contributed by atoms with Gasteiger partial charge < -0.3 is 9.32 Å². The van der Waals surface area contributed by atoms with E-state index in [1.807, 2.05) is 30.3 Å². The number of fused-ring (bicyclic) bond motifs is 1. The fourth-order valence-electron chi connectivity index (χ4n) is 3.16. The summed E-state index contributed by atoms with van der Waals surface area (Å²) in [7, 11) is 0. The molecule has 4 rings (SSSR count). The Labute approximate surface area is 130 Å². The average Bonchev–Trinajstić information content (AvgIpc) is 3.15. The Morgan fingerprint density at radius 2 is 1.86 bits per heavy atom. The second-order valence-electron chi connectivity index (χ2n) is 5.85. The summed E-state index contributed by atoms with van der Waals surface area (Å²) in [6, 6.07) is 18.6. The minimum atomic E-state index is 0.566. The van der Waals surface area contributed by atoms with E-state index in [1.54, 1.807) is 6.26 Å². The molecule has 0 N–H and O–H groups in total. The fourth-order valence-corrected chi connectivity index (χ4v) is 3.16. The predicted octanol–water partition coefficient (Wildman–Crippen LogP) is 4.47. The monoisotopic (exact) mass is 290 g/mol. The number of nitrogens with zero attached hydrogens (tertiary/aromatic N) is 2. The molecule has 3 aromatic rings. The summed E-state index contributed by atoms with van der Waals surface area (Å²) in [5, 5.41) is 0. The Balaban J connectivity index is 1.57. The Morgan fingerprint density at radius 1 is 1.09 bits per heavy atom. The number of oxazole rings is 1. The predicted molar refractivity (Wildman–Crippen MR) is 87.8 cm³/mol. The van der Waals surface area contributed by atoms with Crippen molar-refractivity contribution in [1.82, 2.24) is 4.98 Å². The van der Waals surface area contributed by atoms with Crippen LogP contribution in [0.4, 0.5) is 5.69 Å². The van der Waals surface area contributed by atoms with Crippen LogP contribution in [0.2, 0.25) is 0 Å². The van der Waals surface area contributed by atoms with Crippen LogP contribution in [-0.4, -0.2) is 11.5 Å². The van der Waals surface area contributed by atoms with E-state index in [9.17, 15) is 0 Å². The zero-order valence-corrected chi connectivity index (χ0v) is 12.6. The van der Waals surface area contributed by atoms with Crippen LogP contribution < -0.4 is 4.90 Å². The van der Waals surface area contributed by atoms with Gasteiger partial charge in [-0.05, 0) is 23.8 Å². The number of rotatable bonds is 3. The largest absolute Gasteiger partial charge is 0.444 e. The molecule has 1 aromatic heterocycles. The maximum absolute atomic E-state index is 5.64. The van der Waals surface area contributed by atoms with Crippen molar-refractivity contribution in [3.63, 3.8) is 0 Å². The van der Waals surface area contributed by atoms with Crippen molar-refractivity contribution in [2.75, 3.05) is 11.4 Å². The van der Waals surface area contributed by atoms with Crippen molar-refractivity contribution in [3.05, 3.63) is 72.1 Å². The molecule has 2 aromatic carbocycles. The standard InChI is InChI=1S/C19H18N2O/c1-14-11-21(18-10-6-5-9-17(14)18)12-16-13-22-19(20-16)15-7-3-2-4-8-15/h2-10,13-14H,11-12H2,1H3. The van der Waals surface area contributed by atoms with Crippen molar-refractivity contribution >= 4 is 5.69 Å². The third-order valence-corrected chi connectivity index (χ3v) is 4.23. The van der Waals surface area contributed by atoms with Crippen LogP contribution >= 0.6 is 0 Å². The number of para-hydroxylation sites is 1. The molecule has 0 saturated carbocycles.